The van der Waals surface area contributed by atoms with Gasteiger partial charge in [-0.25, -0.2) is 12.8 Å². The highest BCUT2D eigenvalue weighted by molar-refractivity contribution is 7.92. The number of benzene rings is 3. The Labute approximate surface area is 270 Å². The van der Waals surface area contributed by atoms with Crippen molar-refractivity contribution in [3.05, 3.63) is 94.8 Å². The summed E-state index contributed by atoms with van der Waals surface area (Å²) in [5.41, 5.74) is 7.43. The molecule has 0 unspecified atom stereocenters. The first-order valence-corrected chi connectivity index (χ1v) is 17.3. The van der Waals surface area contributed by atoms with Crippen LogP contribution in [-0.4, -0.2) is 56.6 Å². The summed E-state index contributed by atoms with van der Waals surface area (Å²) in [5.74, 6) is -0.998. The second kappa shape index (κ2) is 13.5. The molecule has 2 aliphatic heterocycles. The lowest BCUT2D eigenvalue weighted by molar-refractivity contribution is -0.122. The molecule has 0 bridgehead atoms. The van der Waals surface area contributed by atoms with E-state index in [0.29, 0.717) is 24.4 Å². The number of sulfone groups is 1. The molecule has 8 nitrogen and oxygen atoms in total. The topological polar surface area (TPSA) is 123 Å². The minimum absolute atomic E-state index is 0.0508. The first-order chi connectivity index (χ1) is 21.4. The van der Waals surface area contributed by atoms with Crippen LogP contribution >= 0.6 is 11.6 Å². The molecule has 11 heteroatoms. The normalized spacial score (nSPS) is 27.9. The smallest absolute Gasteiger partial charge is 0.242 e. The third-order valence-electron chi connectivity index (χ3n) is 9.16. The predicted octanol–water partition coefficient (Wildman–Crippen LogP) is 4.95. The van der Waals surface area contributed by atoms with E-state index >= 15 is 4.39 Å². The lowest BCUT2D eigenvalue weighted by Gasteiger charge is -2.46. The molecule has 2 fully saturated rings. The highest BCUT2D eigenvalue weighted by Crippen LogP contribution is 2.43. The van der Waals surface area contributed by atoms with Gasteiger partial charge in [-0.2, -0.15) is 0 Å². The van der Waals surface area contributed by atoms with Gasteiger partial charge in [0.1, 0.15) is 10.7 Å². The fraction of sp³-hybridized carbons (Fsp3) is 0.441. The van der Waals surface area contributed by atoms with Crippen molar-refractivity contribution in [2.75, 3.05) is 18.4 Å². The van der Waals surface area contributed by atoms with E-state index in [0.717, 1.165) is 5.56 Å². The van der Waals surface area contributed by atoms with Crippen molar-refractivity contribution < 1.29 is 22.3 Å². The predicted molar refractivity (Wildman–Crippen MR) is 176 cm³/mol. The first-order valence-electron chi connectivity index (χ1n) is 15.4. The van der Waals surface area contributed by atoms with E-state index in [9.17, 15) is 13.2 Å². The largest absolute Gasteiger partial charge is 0.375 e. The quantitative estimate of drug-likeness (QED) is 0.257. The van der Waals surface area contributed by atoms with Gasteiger partial charge in [0.15, 0.2) is 9.84 Å². The monoisotopic (exact) mass is 656 g/mol. The van der Waals surface area contributed by atoms with E-state index in [1.807, 2.05) is 32.9 Å². The van der Waals surface area contributed by atoms with E-state index < -0.39 is 37.9 Å². The molecule has 6 atom stereocenters. The molecular weight excluding hydrogens is 615 g/mol. The van der Waals surface area contributed by atoms with Gasteiger partial charge in [-0.3, -0.25) is 10.1 Å². The van der Waals surface area contributed by atoms with E-state index in [4.69, 9.17) is 22.1 Å². The number of hydrogen-bond donors (Lipinski definition) is 4. The van der Waals surface area contributed by atoms with Gasteiger partial charge in [0, 0.05) is 40.8 Å². The van der Waals surface area contributed by atoms with Crippen LogP contribution < -0.4 is 21.7 Å². The van der Waals surface area contributed by atoms with E-state index in [1.54, 1.807) is 48.5 Å². The highest BCUT2D eigenvalue weighted by Gasteiger charge is 2.49. The number of anilines is 1. The minimum Gasteiger partial charge on any atom is -0.375 e. The summed E-state index contributed by atoms with van der Waals surface area (Å²) >= 11 is 6.18. The number of halogens is 2. The summed E-state index contributed by atoms with van der Waals surface area (Å²) in [7, 11) is -3.88. The molecule has 45 heavy (non-hydrogen) atoms. The number of nitrogens with two attached hydrogens (primary N) is 1. The third-order valence-corrected chi connectivity index (χ3v) is 11.8. The van der Waals surface area contributed by atoms with Crippen molar-refractivity contribution >= 4 is 33.0 Å². The van der Waals surface area contributed by atoms with Gasteiger partial charge in [-0.15, -0.1) is 0 Å². The van der Waals surface area contributed by atoms with Crippen LogP contribution in [0.25, 0.3) is 0 Å². The summed E-state index contributed by atoms with van der Waals surface area (Å²) in [4.78, 5) is 12.7. The van der Waals surface area contributed by atoms with Crippen LogP contribution in [0.3, 0.4) is 0 Å². The van der Waals surface area contributed by atoms with Gasteiger partial charge in [0.25, 0.3) is 0 Å². The van der Waals surface area contributed by atoms with E-state index in [2.05, 4.69) is 16.0 Å². The molecule has 0 aliphatic carbocycles. The second-order valence-electron chi connectivity index (χ2n) is 12.5. The molecular formula is C34H42ClFN4O4S. The molecule has 0 aromatic heterocycles. The number of ether oxygens (including phenoxy) is 1. The van der Waals surface area contributed by atoms with Gasteiger partial charge >= 0.3 is 0 Å². The first kappa shape index (κ1) is 33.5. The summed E-state index contributed by atoms with van der Waals surface area (Å²) in [6, 6.07) is 19.0. The summed E-state index contributed by atoms with van der Waals surface area (Å²) < 4.78 is 49.6. The summed E-state index contributed by atoms with van der Waals surface area (Å²) in [6.07, 6.45) is 0.860. The van der Waals surface area contributed by atoms with Crippen molar-refractivity contribution in [2.45, 2.75) is 85.9 Å². The number of hydrogen-bond acceptors (Lipinski definition) is 7. The van der Waals surface area contributed by atoms with Crippen LogP contribution in [0.1, 0.15) is 51.2 Å². The Hall–Kier alpha value is -2.86. The van der Waals surface area contributed by atoms with Crippen LogP contribution in [-0.2, 0) is 31.2 Å². The summed E-state index contributed by atoms with van der Waals surface area (Å²) in [5, 5.41) is 10.0. The molecule has 0 radical (unpaired) electrons. The summed E-state index contributed by atoms with van der Waals surface area (Å²) in [6.45, 7) is 6.58. The molecule has 0 saturated carbocycles. The standard InChI is InChI=1S/C34H42ClFN4O4S/c1-22-20-38-21-34(40-22,45(42,43)27-8-5-4-6-9-27)17-16-28-29(36)10-7-11-30(28)39-32(41)31(37)33(18-23(2)44-24(3)19-33)25-12-14-26(35)15-13-25/h4-15,22-24,31,38,40H,16-21,37H2,1-3H3,(H,39,41)/t22-,23-,24+,31-,33+,34+/m1/s1. The van der Waals surface area contributed by atoms with Gasteiger partial charge < -0.3 is 21.1 Å². The fourth-order valence-electron chi connectivity index (χ4n) is 7.11. The molecule has 2 saturated heterocycles. The molecule has 0 spiro atoms. The second-order valence-corrected chi connectivity index (χ2v) is 15.2. The molecule has 5 N–H and O–H groups in total. The van der Waals surface area contributed by atoms with Crippen molar-refractivity contribution in [1.82, 2.24) is 10.6 Å². The SMILES string of the molecule is C[C@@H]1CNC[C@](CCc2c(F)cccc2NC(=O)[C@@H](N)[C@@]2(c3ccc(Cl)cc3)C[C@@H](C)O[C@@H](C)C2)(S(=O)(=O)c2ccccc2)N1. The van der Waals surface area contributed by atoms with Crippen LogP contribution in [0.5, 0.6) is 0 Å². The molecule has 2 heterocycles. The molecule has 1 amide bonds. The average Bonchev–Trinajstić information content (AvgIpc) is 3.00. The highest BCUT2D eigenvalue weighted by atomic mass is 35.5. The molecule has 3 aromatic rings. The van der Waals surface area contributed by atoms with Gasteiger partial charge in [-0.05, 0) is 88.4 Å². The van der Waals surface area contributed by atoms with Crippen molar-refractivity contribution in [3.8, 4) is 0 Å². The number of piperazine rings is 1. The zero-order chi connectivity index (χ0) is 32.4. The number of amides is 1. The Morgan fingerprint density at radius 2 is 1.71 bits per heavy atom. The zero-order valence-electron chi connectivity index (χ0n) is 25.9. The molecule has 2 aliphatic rings. The fourth-order valence-corrected chi connectivity index (χ4v) is 9.22. The molecule has 242 valence electrons. The van der Waals surface area contributed by atoms with Gasteiger partial charge in [-0.1, -0.05) is 48.0 Å². The van der Waals surface area contributed by atoms with E-state index in [1.165, 1.54) is 12.1 Å². The molecule has 5 rings (SSSR count). The van der Waals surface area contributed by atoms with Crippen molar-refractivity contribution in [2.24, 2.45) is 5.73 Å². The Balaban J connectivity index is 1.44. The Bertz CT molecular complexity index is 1600. The Kier molecular flexibility index (Phi) is 10.0. The van der Waals surface area contributed by atoms with Crippen LogP contribution in [0.15, 0.2) is 77.7 Å². The maximum atomic E-state index is 15.5. The third kappa shape index (κ3) is 6.82. The van der Waals surface area contributed by atoms with Crippen LogP contribution in [0, 0.1) is 5.82 Å². The number of rotatable bonds is 9. The molecule has 3 aromatic carbocycles. The van der Waals surface area contributed by atoms with Crippen LogP contribution in [0.2, 0.25) is 5.02 Å². The number of nitrogens with one attached hydrogen (secondary N) is 3. The minimum atomic E-state index is -3.88. The lowest BCUT2D eigenvalue weighted by atomic mass is 9.66. The number of carbonyl (C=O) groups excluding carboxylic acids is 1. The van der Waals surface area contributed by atoms with Gasteiger partial charge in [0.2, 0.25) is 5.91 Å². The Morgan fingerprint density at radius 1 is 1.04 bits per heavy atom. The van der Waals surface area contributed by atoms with Crippen molar-refractivity contribution in [1.29, 1.82) is 0 Å². The van der Waals surface area contributed by atoms with Crippen molar-refractivity contribution in [3.63, 3.8) is 0 Å². The van der Waals surface area contributed by atoms with Gasteiger partial charge in [0.05, 0.1) is 23.1 Å². The van der Waals surface area contributed by atoms with E-state index in [-0.39, 0.29) is 53.8 Å². The average molecular weight is 657 g/mol. The maximum Gasteiger partial charge on any atom is 0.242 e. The number of carbonyl (C=O) groups is 1. The maximum absolute atomic E-state index is 15.5. The Morgan fingerprint density at radius 3 is 2.36 bits per heavy atom. The lowest BCUT2D eigenvalue weighted by Crippen LogP contribution is -2.66. The zero-order valence-corrected chi connectivity index (χ0v) is 27.4. The van der Waals surface area contributed by atoms with Crippen LogP contribution in [0.4, 0.5) is 10.1 Å².